The van der Waals surface area contributed by atoms with E-state index in [-0.39, 0.29) is 0 Å². The fraction of sp³-hybridized carbons (Fsp3) is 0.571. The molecule has 1 rings (SSSR count). The van der Waals surface area contributed by atoms with E-state index in [0.717, 1.165) is 17.9 Å². The maximum atomic E-state index is 5.59. The molecule has 0 amide bonds. The fourth-order valence-electron chi connectivity index (χ4n) is 0.964. The molecule has 0 bridgehead atoms. The molecule has 0 radical (unpaired) electrons. The van der Waals surface area contributed by atoms with Crippen LogP contribution in [-0.4, -0.2) is 9.55 Å². The van der Waals surface area contributed by atoms with E-state index in [0.29, 0.717) is 5.88 Å². The van der Waals surface area contributed by atoms with Gasteiger partial charge >= 0.3 is 0 Å². The zero-order valence-electron chi connectivity index (χ0n) is 6.26. The summed E-state index contributed by atoms with van der Waals surface area (Å²) < 4.78 is 2.01. The number of aromatic nitrogens is 2. The summed E-state index contributed by atoms with van der Waals surface area (Å²) in [4.78, 5) is 4.28. The topological polar surface area (TPSA) is 17.8 Å². The van der Waals surface area contributed by atoms with Gasteiger partial charge in [0.15, 0.2) is 0 Å². The minimum Gasteiger partial charge on any atom is -0.338 e. The molecule has 56 valence electrons. The van der Waals surface area contributed by atoms with Gasteiger partial charge in [-0.1, -0.05) is 6.92 Å². The first-order valence-corrected chi connectivity index (χ1v) is 3.88. The van der Waals surface area contributed by atoms with E-state index in [9.17, 15) is 0 Å². The number of hydrogen-bond donors (Lipinski definition) is 0. The Morgan fingerprint density at radius 1 is 1.70 bits per heavy atom. The summed E-state index contributed by atoms with van der Waals surface area (Å²) in [5.74, 6) is 1.60. The molecule has 0 spiro atoms. The molecule has 0 atom stereocenters. The summed E-state index contributed by atoms with van der Waals surface area (Å²) >= 11 is 5.59. The maximum Gasteiger partial charge on any atom is 0.108 e. The van der Waals surface area contributed by atoms with E-state index < -0.39 is 0 Å². The average molecular weight is 159 g/mol. The summed E-state index contributed by atoms with van der Waals surface area (Å²) in [7, 11) is 1.99. The summed E-state index contributed by atoms with van der Waals surface area (Å²) in [6.45, 7) is 2.08. The molecule has 0 N–H and O–H groups in total. The molecule has 0 saturated heterocycles. The van der Waals surface area contributed by atoms with Gasteiger partial charge in [-0.25, -0.2) is 4.98 Å². The quantitative estimate of drug-likeness (QED) is 0.600. The highest BCUT2D eigenvalue weighted by Crippen LogP contribution is 2.03. The van der Waals surface area contributed by atoms with E-state index in [1.54, 1.807) is 0 Å². The second-order valence-electron chi connectivity index (χ2n) is 2.25. The van der Waals surface area contributed by atoms with Crippen LogP contribution in [0.5, 0.6) is 0 Å². The lowest BCUT2D eigenvalue weighted by atomic mass is 10.5. The van der Waals surface area contributed by atoms with Gasteiger partial charge in [-0.2, -0.15) is 0 Å². The Balaban J connectivity index is 2.92. The van der Waals surface area contributed by atoms with E-state index in [1.165, 1.54) is 0 Å². The lowest BCUT2D eigenvalue weighted by Crippen LogP contribution is -1.93. The normalized spacial score (nSPS) is 10.3. The molecular formula is C7H11ClN2. The molecule has 0 aliphatic carbocycles. The SMILES string of the molecule is CCc1nc(CCl)cn1C. The van der Waals surface area contributed by atoms with Crippen molar-refractivity contribution >= 4 is 11.6 Å². The van der Waals surface area contributed by atoms with Crippen molar-refractivity contribution in [1.29, 1.82) is 0 Å². The molecule has 0 aliphatic rings. The van der Waals surface area contributed by atoms with Crippen molar-refractivity contribution in [3.8, 4) is 0 Å². The number of alkyl halides is 1. The Morgan fingerprint density at radius 3 is 2.70 bits per heavy atom. The zero-order valence-corrected chi connectivity index (χ0v) is 7.02. The summed E-state index contributed by atoms with van der Waals surface area (Å²) in [6.07, 6.45) is 2.93. The highest BCUT2D eigenvalue weighted by Gasteiger charge is 2.00. The molecule has 0 aromatic carbocycles. The minimum atomic E-state index is 0.508. The van der Waals surface area contributed by atoms with Gasteiger partial charge in [0.1, 0.15) is 5.82 Å². The maximum absolute atomic E-state index is 5.59. The van der Waals surface area contributed by atoms with Gasteiger partial charge in [-0.15, -0.1) is 11.6 Å². The van der Waals surface area contributed by atoms with Gasteiger partial charge in [-0.3, -0.25) is 0 Å². The van der Waals surface area contributed by atoms with Crippen molar-refractivity contribution in [3.05, 3.63) is 17.7 Å². The summed E-state index contributed by atoms with van der Waals surface area (Å²) in [5, 5.41) is 0. The molecule has 0 fully saturated rings. The van der Waals surface area contributed by atoms with Crippen LogP contribution in [0.4, 0.5) is 0 Å². The van der Waals surface area contributed by atoms with E-state index in [4.69, 9.17) is 11.6 Å². The molecular weight excluding hydrogens is 148 g/mol. The standard InChI is InChI=1S/C7H11ClN2/c1-3-7-9-6(4-8)5-10(7)2/h5H,3-4H2,1-2H3. The second kappa shape index (κ2) is 3.06. The molecule has 1 heterocycles. The van der Waals surface area contributed by atoms with Crippen molar-refractivity contribution in [2.24, 2.45) is 7.05 Å². The van der Waals surface area contributed by atoms with Crippen LogP contribution in [-0.2, 0) is 19.3 Å². The van der Waals surface area contributed by atoms with Gasteiger partial charge in [0, 0.05) is 19.7 Å². The average Bonchev–Trinajstić information content (AvgIpc) is 2.30. The van der Waals surface area contributed by atoms with Crippen LogP contribution >= 0.6 is 11.6 Å². The molecule has 1 aromatic rings. The fourth-order valence-corrected chi connectivity index (χ4v) is 1.09. The van der Waals surface area contributed by atoms with Gasteiger partial charge in [0.25, 0.3) is 0 Å². The van der Waals surface area contributed by atoms with Gasteiger partial charge < -0.3 is 4.57 Å². The van der Waals surface area contributed by atoms with Crippen LogP contribution in [0.25, 0.3) is 0 Å². The summed E-state index contributed by atoms with van der Waals surface area (Å²) in [5.41, 5.74) is 0.959. The number of hydrogen-bond acceptors (Lipinski definition) is 1. The van der Waals surface area contributed by atoms with Gasteiger partial charge in [0.05, 0.1) is 11.6 Å². The monoisotopic (exact) mass is 158 g/mol. The van der Waals surface area contributed by atoms with Gasteiger partial charge in [0.2, 0.25) is 0 Å². The minimum absolute atomic E-state index is 0.508. The lowest BCUT2D eigenvalue weighted by molar-refractivity contribution is 0.807. The first-order chi connectivity index (χ1) is 4.77. The Labute approximate surface area is 65.8 Å². The van der Waals surface area contributed by atoms with Crippen LogP contribution in [0.1, 0.15) is 18.4 Å². The molecule has 0 unspecified atom stereocenters. The van der Waals surface area contributed by atoms with Crippen molar-refractivity contribution < 1.29 is 0 Å². The molecule has 3 heteroatoms. The third-order valence-electron chi connectivity index (χ3n) is 1.48. The van der Waals surface area contributed by atoms with E-state index in [1.807, 2.05) is 17.8 Å². The molecule has 0 aliphatic heterocycles. The Kier molecular flexibility index (Phi) is 2.33. The van der Waals surface area contributed by atoms with E-state index >= 15 is 0 Å². The third kappa shape index (κ3) is 1.32. The van der Waals surface area contributed by atoms with Crippen molar-refractivity contribution in [2.75, 3.05) is 0 Å². The van der Waals surface area contributed by atoms with Crippen molar-refractivity contribution in [1.82, 2.24) is 9.55 Å². The predicted molar refractivity (Wildman–Crippen MR) is 42.1 cm³/mol. The van der Waals surface area contributed by atoms with Crippen LogP contribution in [0.2, 0.25) is 0 Å². The van der Waals surface area contributed by atoms with Crippen LogP contribution < -0.4 is 0 Å². The zero-order chi connectivity index (χ0) is 7.56. The first-order valence-electron chi connectivity index (χ1n) is 3.35. The largest absolute Gasteiger partial charge is 0.338 e. The van der Waals surface area contributed by atoms with Gasteiger partial charge in [-0.05, 0) is 0 Å². The number of nitrogens with zero attached hydrogens (tertiary/aromatic N) is 2. The van der Waals surface area contributed by atoms with Crippen LogP contribution in [0, 0.1) is 0 Å². The highest BCUT2D eigenvalue weighted by atomic mass is 35.5. The Hall–Kier alpha value is -0.500. The van der Waals surface area contributed by atoms with Crippen molar-refractivity contribution in [3.63, 3.8) is 0 Å². The van der Waals surface area contributed by atoms with Crippen molar-refractivity contribution in [2.45, 2.75) is 19.2 Å². The predicted octanol–water partition coefficient (Wildman–Crippen LogP) is 1.72. The number of imidazole rings is 1. The second-order valence-corrected chi connectivity index (χ2v) is 2.51. The number of aryl methyl sites for hydroxylation is 2. The summed E-state index contributed by atoms with van der Waals surface area (Å²) in [6, 6.07) is 0. The number of rotatable bonds is 2. The smallest absolute Gasteiger partial charge is 0.108 e. The molecule has 1 aromatic heterocycles. The molecule has 2 nitrogen and oxygen atoms in total. The molecule has 0 saturated carbocycles. The molecule has 10 heavy (non-hydrogen) atoms. The Bertz CT molecular complexity index is 217. The first kappa shape index (κ1) is 7.61. The van der Waals surface area contributed by atoms with Crippen LogP contribution in [0.3, 0.4) is 0 Å². The van der Waals surface area contributed by atoms with Crippen LogP contribution in [0.15, 0.2) is 6.20 Å². The highest BCUT2D eigenvalue weighted by molar-refractivity contribution is 6.16. The number of halogens is 1. The van der Waals surface area contributed by atoms with E-state index in [2.05, 4.69) is 11.9 Å². The Morgan fingerprint density at radius 2 is 2.40 bits per heavy atom. The lowest BCUT2D eigenvalue weighted by Gasteiger charge is -1.92. The third-order valence-corrected chi connectivity index (χ3v) is 1.75.